The highest BCUT2D eigenvalue weighted by Crippen LogP contribution is 2.33. The summed E-state index contributed by atoms with van der Waals surface area (Å²) in [5.41, 5.74) is 0. The van der Waals surface area contributed by atoms with Crippen molar-refractivity contribution in [3.05, 3.63) is 122 Å². The molecular weight excluding hydrogens is 1260 g/mol. The topological polar surface area (TPSA) is 307 Å². The summed E-state index contributed by atoms with van der Waals surface area (Å²) in [6, 6.07) is -0.982. The molecule has 1 amide bonds. The molecule has 12 N–H and O–H groups in total. The number of nitrogens with one attached hydrogen (secondary N) is 1. The number of hydrogen-bond donors (Lipinski definition) is 12. The Balaban J connectivity index is 1.34. The van der Waals surface area contributed by atoms with Gasteiger partial charge < -0.3 is 89.9 Å². The number of rotatable bonds is 58. The molecule has 568 valence electrons. The monoisotopic (exact) mass is 1400 g/mol. The van der Waals surface area contributed by atoms with Gasteiger partial charge >= 0.3 is 0 Å². The van der Waals surface area contributed by atoms with Crippen LogP contribution in [0.3, 0.4) is 0 Å². The lowest BCUT2D eigenvalue weighted by molar-refractivity contribution is -0.379. The van der Waals surface area contributed by atoms with Crippen LogP contribution in [0.2, 0.25) is 0 Å². The first-order valence-electron chi connectivity index (χ1n) is 38.3. The quantitative estimate of drug-likeness (QED) is 0.0199. The lowest BCUT2D eigenvalue weighted by Crippen LogP contribution is -2.66. The molecule has 3 aliphatic rings. The van der Waals surface area contributed by atoms with Gasteiger partial charge in [-0.3, -0.25) is 4.79 Å². The maximum absolute atomic E-state index is 13.4. The first kappa shape index (κ1) is 89.4. The zero-order chi connectivity index (χ0) is 71.8. The Morgan fingerprint density at radius 1 is 0.374 bits per heavy atom. The van der Waals surface area contributed by atoms with E-state index >= 15 is 0 Å². The van der Waals surface area contributed by atoms with Crippen molar-refractivity contribution >= 4 is 5.91 Å². The molecule has 3 fully saturated rings. The van der Waals surface area contributed by atoms with Crippen molar-refractivity contribution in [3.8, 4) is 0 Å². The predicted molar refractivity (Wildman–Crippen MR) is 392 cm³/mol. The lowest BCUT2D eigenvalue weighted by Gasteiger charge is -2.48. The average molecular weight is 1400 g/mol. The molecule has 0 aliphatic carbocycles. The maximum Gasteiger partial charge on any atom is 0.220 e. The molecule has 0 radical (unpaired) electrons. The van der Waals surface area contributed by atoms with Crippen molar-refractivity contribution in [2.45, 2.75) is 349 Å². The molecule has 0 aromatic heterocycles. The van der Waals surface area contributed by atoms with Crippen LogP contribution in [-0.2, 0) is 33.2 Å². The van der Waals surface area contributed by atoms with Gasteiger partial charge in [0.2, 0.25) is 5.91 Å². The van der Waals surface area contributed by atoms with E-state index in [1.54, 1.807) is 6.08 Å². The Morgan fingerprint density at radius 3 is 1.09 bits per heavy atom. The Hall–Kier alpha value is -3.81. The number of aliphatic hydroxyl groups is 11. The number of carbonyl (C=O) groups is 1. The molecule has 0 spiro atoms. The van der Waals surface area contributed by atoms with E-state index < -0.39 is 124 Å². The fraction of sp³-hybridized carbons (Fsp3) is 0.738. The van der Waals surface area contributed by atoms with Crippen molar-refractivity contribution in [3.63, 3.8) is 0 Å². The summed E-state index contributed by atoms with van der Waals surface area (Å²) in [4.78, 5) is 13.4. The van der Waals surface area contributed by atoms with E-state index in [0.717, 1.165) is 116 Å². The minimum Gasteiger partial charge on any atom is -0.394 e. The zero-order valence-corrected chi connectivity index (χ0v) is 60.4. The van der Waals surface area contributed by atoms with Crippen molar-refractivity contribution in [1.29, 1.82) is 0 Å². The summed E-state index contributed by atoms with van der Waals surface area (Å²) in [7, 11) is 0. The van der Waals surface area contributed by atoms with Crippen LogP contribution in [0.25, 0.3) is 0 Å². The van der Waals surface area contributed by atoms with Gasteiger partial charge in [0.15, 0.2) is 18.9 Å². The van der Waals surface area contributed by atoms with Gasteiger partial charge in [0.25, 0.3) is 0 Å². The summed E-state index contributed by atoms with van der Waals surface area (Å²) >= 11 is 0. The molecule has 17 atom stereocenters. The second-order valence-electron chi connectivity index (χ2n) is 26.7. The van der Waals surface area contributed by atoms with Crippen LogP contribution in [0.4, 0.5) is 0 Å². The van der Waals surface area contributed by atoms with Gasteiger partial charge in [-0.1, -0.05) is 270 Å². The van der Waals surface area contributed by atoms with E-state index in [1.165, 1.54) is 103 Å². The van der Waals surface area contributed by atoms with Gasteiger partial charge in [0, 0.05) is 6.42 Å². The second kappa shape index (κ2) is 59.6. The molecule has 17 unspecified atom stereocenters. The van der Waals surface area contributed by atoms with E-state index in [4.69, 9.17) is 28.4 Å². The van der Waals surface area contributed by atoms with Crippen LogP contribution in [-0.4, -0.2) is 193 Å². The highest BCUT2D eigenvalue weighted by Gasteiger charge is 2.53. The number of aliphatic hydroxyl groups excluding tert-OH is 11. The third-order valence-corrected chi connectivity index (χ3v) is 18.3. The van der Waals surface area contributed by atoms with Gasteiger partial charge in [0.1, 0.15) is 73.2 Å². The summed E-state index contributed by atoms with van der Waals surface area (Å²) in [6.07, 6.45) is 56.1. The standard InChI is InChI=1S/C80H135NO18/c1-3-5-7-9-11-13-15-17-19-20-21-22-23-24-25-26-27-28-29-30-31-32-33-34-35-36-37-38-39-40-41-42-44-46-48-50-52-54-56-58-68(86)81-63(64(85)57-55-53-51-49-47-45-43-18-16-14-12-10-8-6-4-2)62-94-78-74(92)71(89)76(66(60-83)96-78)99-80-75(93)72(90)77(67(61-84)97-80)98-79-73(91)70(88)69(87)65(59-82)95-79/h5,7,11,13,17,19,21-22,24-25,27-28,30-31,33-34,36-37,55,57,63-67,69-80,82-85,87-93H,3-4,6,8-10,12,14-16,18,20,23,26,29,32,35,38-54,56,58-62H2,1-2H3,(H,81,86)/b7-5-,13-11-,19-17-,22-21-,25-24-,28-27-,31-30-,34-33-,37-36-,57-55+. The second-order valence-corrected chi connectivity index (χ2v) is 26.7. The maximum atomic E-state index is 13.4. The smallest absolute Gasteiger partial charge is 0.220 e. The van der Waals surface area contributed by atoms with Crippen molar-refractivity contribution < 1.29 is 89.4 Å². The number of allylic oxidation sites excluding steroid dienone is 19. The highest BCUT2D eigenvalue weighted by molar-refractivity contribution is 5.76. The van der Waals surface area contributed by atoms with E-state index in [2.05, 4.69) is 129 Å². The van der Waals surface area contributed by atoms with Gasteiger partial charge in [0.05, 0.1) is 38.6 Å². The Labute approximate surface area is 595 Å². The molecular formula is C80H135NO18. The normalized spacial score (nSPS) is 27.3. The molecule has 3 heterocycles. The molecule has 99 heavy (non-hydrogen) atoms. The number of unbranched alkanes of at least 4 members (excludes halogenated alkanes) is 24. The SMILES string of the molecule is CC/C=C\C/C=C\C/C=C\C/C=C\C/C=C\C/C=C\C/C=C\C/C=C\C/C=C\CCCCCCCCCCCCCC(=O)NC(COC1OC(CO)C(OC2OC(CO)C(OC3OC(CO)C(O)C(O)C3O)C(O)C2O)C(O)C1O)C(O)/C=C/CCCCCCCCCCCCCCC. The number of carbonyl (C=O) groups excluding carboxylic acids is 1. The van der Waals surface area contributed by atoms with Crippen LogP contribution >= 0.6 is 0 Å². The van der Waals surface area contributed by atoms with Crippen molar-refractivity contribution in [2.24, 2.45) is 0 Å². The number of hydrogen-bond acceptors (Lipinski definition) is 18. The minimum absolute atomic E-state index is 0.233. The summed E-state index contributed by atoms with van der Waals surface area (Å²) in [5, 5.41) is 121. The van der Waals surface area contributed by atoms with Crippen LogP contribution in [0.1, 0.15) is 245 Å². The largest absolute Gasteiger partial charge is 0.394 e. The molecule has 0 aromatic rings. The molecule has 0 bridgehead atoms. The molecule has 19 heteroatoms. The van der Waals surface area contributed by atoms with E-state index in [9.17, 15) is 61.0 Å². The first-order chi connectivity index (χ1) is 48.3. The van der Waals surface area contributed by atoms with E-state index in [1.807, 2.05) is 6.08 Å². The lowest BCUT2D eigenvalue weighted by atomic mass is 9.96. The van der Waals surface area contributed by atoms with Gasteiger partial charge in [-0.2, -0.15) is 0 Å². The zero-order valence-electron chi connectivity index (χ0n) is 60.4. The summed E-state index contributed by atoms with van der Waals surface area (Å²) in [6.45, 7) is 1.61. The number of amides is 1. The molecule has 3 aliphatic heterocycles. The fourth-order valence-electron chi connectivity index (χ4n) is 12.1. The fourth-order valence-corrected chi connectivity index (χ4v) is 12.1. The summed E-state index contributed by atoms with van der Waals surface area (Å²) < 4.78 is 34.4. The summed E-state index contributed by atoms with van der Waals surface area (Å²) in [5.74, 6) is -0.283. The third-order valence-electron chi connectivity index (χ3n) is 18.3. The molecule has 0 saturated carbocycles. The minimum atomic E-state index is -1.98. The molecule has 3 rings (SSSR count). The Morgan fingerprint density at radius 2 is 0.697 bits per heavy atom. The number of ether oxygens (including phenoxy) is 6. The van der Waals surface area contributed by atoms with Crippen LogP contribution in [0.5, 0.6) is 0 Å². The highest BCUT2D eigenvalue weighted by atomic mass is 16.8. The van der Waals surface area contributed by atoms with Gasteiger partial charge in [-0.15, -0.1) is 0 Å². The Kier molecular flexibility index (Phi) is 53.8. The van der Waals surface area contributed by atoms with Crippen LogP contribution < -0.4 is 5.32 Å². The molecule has 3 saturated heterocycles. The van der Waals surface area contributed by atoms with E-state index in [-0.39, 0.29) is 18.9 Å². The third kappa shape index (κ3) is 40.2. The van der Waals surface area contributed by atoms with E-state index in [0.29, 0.717) is 6.42 Å². The van der Waals surface area contributed by atoms with Crippen molar-refractivity contribution in [1.82, 2.24) is 5.32 Å². The Bertz CT molecular complexity index is 2260. The van der Waals surface area contributed by atoms with Gasteiger partial charge in [-0.05, 0) is 89.9 Å². The molecule has 0 aromatic carbocycles. The van der Waals surface area contributed by atoms with Crippen LogP contribution in [0.15, 0.2) is 122 Å². The van der Waals surface area contributed by atoms with Gasteiger partial charge in [-0.25, -0.2) is 0 Å². The first-order valence-corrected chi connectivity index (χ1v) is 38.3. The van der Waals surface area contributed by atoms with Crippen molar-refractivity contribution in [2.75, 3.05) is 26.4 Å². The predicted octanol–water partition coefficient (Wildman–Crippen LogP) is 11.9. The average Bonchev–Trinajstić information content (AvgIpc) is 0.784. The molecule has 19 nitrogen and oxygen atoms in total. The van der Waals surface area contributed by atoms with Crippen LogP contribution in [0, 0.1) is 0 Å².